The zero-order valence-corrected chi connectivity index (χ0v) is 21.1. The van der Waals surface area contributed by atoms with Gasteiger partial charge in [-0.3, -0.25) is 0 Å². The van der Waals surface area contributed by atoms with Crippen LogP contribution in [-0.2, 0) is 30.8 Å². The Hall–Kier alpha value is -1.72. The van der Waals surface area contributed by atoms with Gasteiger partial charge in [0.1, 0.15) is 11.2 Å². The van der Waals surface area contributed by atoms with E-state index in [0.29, 0.717) is 0 Å². The van der Waals surface area contributed by atoms with Crippen molar-refractivity contribution in [2.24, 2.45) is 0 Å². The van der Waals surface area contributed by atoms with Gasteiger partial charge in [-0.15, -0.1) is 0 Å². The molecule has 4 heteroatoms. The Morgan fingerprint density at radius 3 is 1.19 bits per heavy atom. The van der Waals surface area contributed by atoms with Crippen molar-refractivity contribution in [3.8, 4) is 0 Å². The second kappa shape index (κ2) is 16.0. The van der Waals surface area contributed by atoms with Crippen LogP contribution in [0.2, 0.25) is 0 Å². The van der Waals surface area contributed by atoms with Crippen molar-refractivity contribution in [2.75, 3.05) is 13.2 Å². The highest BCUT2D eigenvalue weighted by molar-refractivity contribution is 5.22. The molecular formula is C28H44O4. The van der Waals surface area contributed by atoms with E-state index < -0.39 is 11.2 Å². The number of hydrogen-bond acceptors (Lipinski definition) is 4. The molecule has 0 N–H and O–H groups in total. The molecule has 4 nitrogen and oxygen atoms in total. The average molecular weight is 445 g/mol. The standard InChI is InChI=1S/C18H22O2.C10H22O2/c1-17(2,15-11-7-5-8-12-15)19-20-18(3,4)16-13-9-6-10-14-16;1-3-5-7-9-11-12-10-8-6-4-2/h5-14H,1-4H3;3-10H2,1-2H3. The van der Waals surface area contributed by atoms with Crippen molar-refractivity contribution in [3.63, 3.8) is 0 Å². The van der Waals surface area contributed by atoms with E-state index in [-0.39, 0.29) is 0 Å². The first-order valence-corrected chi connectivity index (χ1v) is 12.1. The fourth-order valence-corrected chi connectivity index (χ4v) is 2.92. The highest BCUT2D eigenvalue weighted by atomic mass is 17.2. The number of hydrogen-bond donors (Lipinski definition) is 0. The molecule has 0 aliphatic heterocycles. The van der Waals surface area contributed by atoms with Gasteiger partial charge in [-0.05, 0) is 51.7 Å². The third-order valence-corrected chi connectivity index (χ3v) is 5.14. The molecule has 180 valence electrons. The largest absolute Gasteiger partial charge is 0.237 e. The van der Waals surface area contributed by atoms with Gasteiger partial charge in [0.25, 0.3) is 0 Å². The Bertz CT molecular complexity index is 622. The zero-order valence-electron chi connectivity index (χ0n) is 21.1. The monoisotopic (exact) mass is 444 g/mol. The lowest BCUT2D eigenvalue weighted by Gasteiger charge is -2.31. The maximum atomic E-state index is 5.73. The van der Waals surface area contributed by atoms with Crippen LogP contribution < -0.4 is 0 Å². The van der Waals surface area contributed by atoms with E-state index in [4.69, 9.17) is 19.6 Å². The van der Waals surface area contributed by atoms with Gasteiger partial charge in [0.2, 0.25) is 0 Å². The molecule has 0 amide bonds. The minimum Gasteiger partial charge on any atom is -0.237 e. The smallest absolute Gasteiger partial charge is 0.123 e. The van der Waals surface area contributed by atoms with E-state index >= 15 is 0 Å². The number of unbranched alkanes of at least 4 members (excludes halogenated alkanes) is 4. The van der Waals surface area contributed by atoms with Crippen LogP contribution in [0.5, 0.6) is 0 Å². The molecule has 0 bridgehead atoms. The van der Waals surface area contributed by atoms with Gasteiger partial charge in [0, 0.05) is 0 Å². The first-order valence-electron chi connectivity index (χ1n) is 12.1. The van der Waals surface area contributed by atoms with Crippen LogP contribution in [-0.4, -0.2) is 13.2 Å². The lowest BCUT2D eigenvalue weighted by atomic mass is 9.98. The van der Waals surface area contributed by atoms with E-state index in [1.807, 2.05) is 88.4 Å². The minimum atomic E-state index is -0.493. The summed E-state index contributed by atoms with van der Waals surface area (Å²) in [6.45, 7) is 13.9. The van der Waals surface area contributed by atoms with Crippen LogP contribution in [0.15, 0.2) is 60.7 Å². The topological polar surface area (TPSA) is 36.9 Å². The minimum absolute atomic E-state index is 0.493. The molecule has 32 heavy (non-hydrogen) atoms. The first kappa shape index (κ1) is 28.3. The SMILES string of the molecule is CC(C)(OOC(C)(C)c1ccccc1)c1ccccc1.CCCCCOOCCCCC. The molecule has 0 atom stereocenters. The van der Waals surface area contributed by atoms with Gasteiger partial charge in [-0.2, -0.15) is 0 Å². The van der Waals surface area contributed by atoms with Crippen LogP contribution in [0.1, 0.15) is 91.2 Å². The van der Waals surface area contributed by atoms with Gasteiger partial charge in [0.15, 0.2) is 0 Å². The fourth-order valence-electron chi connectivity index (χ4n) is 2.92. The zero-order chi connectivity index (χ0) is 23.7. The summed E-state index contributed by atoms with van der Waals surface area (Å²) in [5, 5.41) is 0. The van der Waals surface area contributed by atoms with Gasteiger partial charge in [-0.25, -0.2) is 19.6 Å². The second-order valence-electron chi connectivity index (χ2n) is 8.98. The summed E-state index contributed by atoms with van der Waals surface area (Å²) in [6.07, 6.45) is 7.17. The summed E-state index contributed by atoms with van der Waals surface area (Å²) in [5.74, 6) is 0. The molecule has 0 saturated carbocycles. The lowest BCUT2D eigenvalue weighted by molar-refractivity contribution is -0.410. The van der Waals surface area contributed by atoms with Crippen molar-refractivity contribution in [2.45, 2.75) is 91.3 Å². The van der Waals surface area contributed by atoms with Crippen molar-refractivity contribution in [1.82, 2.24) is 0 Å². The third kappa shape index (κ3) is 11.8. The third-order valence-electron chi connectivity index (χ3n) is 5.14. The molecular weight excluding hydrogens is 400 g/mol. The Morgan fingerprint density at radius 1 is 0.531 bits per heavy atom. The predicted octanol–water partition coefficient (Wildman–Crippen LogP) is 8.12. The number of benzene rings is 2. The van der Waals surface area contributed by atoms with Crippen LogP contribution in [0, 0.1) is 0 Å². The molecule has 0 unspecified atom stereocenters. The van der Waals surface area contributed by atoms with Crippen molar-refractivity contribution in [3.05, 3.63) is 71.8 Å². The summed E-state index contributed by atoms with van der Waals surface area (Å²) in [5.41, 5.74) is 1.19. The van der Waals surface area contributed by atoms with Crippen LogP contribution in [0.4, 0.5) is 0 Å². The summed E-state index contributed by atoms with van der Waals surface area (Å²) >= 11 is 0. The molecule has 0 aliphatic carbocycles. The van der Waals surface area contributed by atoms with Crippen molar-refractivity contribution < 1.29 is 19.6 Å². The van der Waals surface area contributed by atoms with E-state index in [2.05, 4.69) is 13.8 Å². The molecule has 0 aromatic heterocycles. The molecule has 2 aromatic rings. The van der Waals surface area contributed by atoms with E-state index in [0.717, 1.165) is 37.2 Å². The molecule has 2 rings (SSSR count). The van der Waals surface area contributed by atoms with E-state index in [9.17, 15) is 0 Å². The van der Waals surface area contributed by atoms with Crippen LogP contribution in [0.25, 0.3) is 0 Å². The number of rotatable bonds is 14. The highest BCUT2D eigenvalue weighted by Gasteiger charge is 2.29. The second-order valence-corrected chi connectivity index (χ2v) is 8.98. The first-order chi connectivity index (χ1) is 15.3. The van der Waals surface area contributed by atoms with Gasteiger partial charge in [0.05, 0.1) is 13.2 Å². The Labute approximate surface area is 196 Å². The summed E-state index contributed by atoms with van der Waals surface area (Å²) in [4.78, 5) is 21.4. The molecule has 2 aromatic carbocycles. The van der Waals surface area contributed by atoms with E-state index in [1.165, 1.54) is 25.7 Å². The summed E-state index contributed by atoms with van der Waals surface area (Å²) < 4.78 is 0. The maximum Gasteiger partial charge on any atom is 0.123 e. The summed E-state index contributed by atoms with van der Waals surface area (Å²) in [6, 6.07) is 20.2. The predicted molar refractivity (Wildman–Crippen MR) is 132 cm³/mol. The molecule has 0 radical (unpaired) electrons. The Morgan fingerprint density at radius 2 is 0.875 bits per heavy atom. The fraction of sp³-hybridized carbons (Fsp3) is 0.571. The quantitative estimate of drug-likeness (QED) is 0.167. The van der Waals surface area contributed by atoms with Gasteiger partial charge < -0.3 is 0 Å². The Balaban J connectivity index is 0.000000368. The average Bonchev–Trinajstić information content (AvgIpc) is 2.81. The van der Waals surface area contributed by atoms with Gasteiger partial charge >= 0.3 is 0 Å². The lowest BCUT2D eigenvalue weighted by Crippen LogP contribution is -2.29. The van der Waals surface area contributed by atoms with E-state index in [1.54, 1.807) is 0 Å². The molecule has 0 saturated heterocycles. The van der Waals surface area contributed by atoms with Gasteiger partial charge in [-0.1, -0.05) is 100 Å². The molecule has 0 spiro atoms. The summed E-state index contributed by atoms with van der Waals surface area (Å²) in [7, 11) is 0. The molecule has 0 aliphatic rings. The highest BCUT2D eigenvalue weighted by Crippen LogP contribution is 2.31. The normalized spacial score (nSPS) is 11.7. The van der Waals surface area contributed by atoms with Crippen LogP contribution in [0.3, 0.4) is 0 Å². The Kier molecular flexibility index (Phi) is 14.1. The van der Waals surface area contributed by atoms with Crippen molar-refractivity contribution >= 4 is 0 Å². The molecule has 0 heterocycles. The maximum absolute atomic E-state index is 5.73. The van der Waals surface area contributed by atoms with Crippen molar-refractivity contribution in [1.29, 1.82) is 0 Å². The van der Waals surface area contributed by atoms with Crippen LogP contribution >= 0.6 is 0 Å². The molecule has 0 fully saturated rings.